The molecule has 37 heavy (non-hydrogen) atoms. The molecule has 0 aliphatic carbocycles. The normalized spacial score (nSPS) is 10.8. The number of benzene rings is 2. The second-order valence-corrected chi connectivity index (χ2v) is 9.81. The minimum Gasteiger partial charge on any atom is -0.326 e. The minimum atomic E-state index is -0.116. The standard InChI is InChI=1S/C29H40N4O4/c1-20(2)28(36)32-24-14-10-12-22(18-24)30-26(34)16-8-6-5-7-9-17-27(35)31-23-13-11-15-25(19-23)33-29(37)21(3)4/h10-15,18-21H,5-9,16-17H2,1-4H3,(H,30,34)(H,31,35)(H,32,36)(H,33,37). The topological polar surface area (TPSA) is 116 Å². The molecule has 2 aromatic rings. The van der Waals surface area contributed by atoms with E-state index in [4.69, 9.17) is 0 Å². The van der Waals surface area contributed by atoms with Crippen LogP contribution in [0.25, 0.3) is 0 Å². The van der Waals surface area contributed by atoms with Crippen LogP contribution in [0.3, 0.4) is 0 Å². The molecule has 0 radical (unpaired) electrons. The number of carbonyl (C=O) groups is 4. The second-order valence-electron chi connectivity index (χ2n) is 9.81. The molecule has 0 saturated heterocycles. The molecular weight excluding hydrogens is 468 g/mol. The van der Waals surface area contributed by atoms with Crippen molar-refractivity contribution in [1.82, 2.24) is 0 Å². The van der Waals surface area contributed by atoms with Crippen molar-refractivity contribution in [1.29, 1.82) is 0 Å². The van der Waals surface area contributed by atoms with E-state index in [-0.39, 0.29) is 35.5 Å². The Labute approximate surface area is 220 Å². The Morgan fingerprint density at radius 1 is 0.541 bits per heavy atom. The van der Waals surface area contributed by atoms with Gasteiger partial charge in [0.25, 0.3) is 0 Å². The van der Waals surface area contributed by atoms with Crippen LogP contribution < -0.4 is 21.3 Å². The van der Waals surface area contributed by atoms with Crippen molar-refractivity contribution in [2.45, 2.75) is 72.6 Å². The van der Waals surface area contributed by atoms with Gasteiger partial charge in [-0.3, -0.25) is 19.2 Å². The molecular formula is C29H40N4O4. The van der Waals surface area contributed by atoms with Gasteiger partial charge in [-0.2, -0.15) is 0 Å². The van der Waals surface area contributed by atoms with Crippen molar-refractivity contribution in [2.75, 3.05) is 21.3 Å². The van der Waals surface area contributed by atoms with E-state index in [1.807, 2.05) is 27.7 Å². The molecule has 0 bridgehead atoms. The van der Waals surface area contributed by atoms with Gasteiger partial charge in [0.2, 0.25) is 23.6 Å². The lowest BCUT2D eigenvalue weighted by molar-refractivity contribution is -0.119. The number of amides is 4. The first kappa shape index (κ1) is 29.5. The van der Waals surface area contributed by atoms with E-state index in [9.17, 15) is 19.2 Å². The molecule has 200 valence electrons. The Kier molecular flexibility index (Phi) is 12.3. The fraction of sp³-hybridized carbons (Fsp3) is 0.448. The molecule has 0 unspecified atom stereocenters. The van der Waals surface area contributed by atoms with Gasteiger partial charge in [0, 0.05) is 47.4 Å². The van der Waals surface area contributed by atoms with Gasteiger partial charge in [-0.25, -0.2) is 0 Å². The Morgan fingerprint density at radius 3 is 1.22 bits per heavy atom. The van der Waals surface area contributed by atoms with Gasteiger partial charge in [-0.15, -0.1) is 0 Å². The summed E-state index contributed by atoms with van der Waals surface area (Å²) >= 11 is 0. The number of anilines is 4. The van der Waals surface area contributed by atoms with E-state index in [0.29, 0.717) is 35.6 Å². The van der Waals surface area contributed by atoms with Crippen molar-refractivity contribution < 1.29 is 19.2 Å². The Balaban J connectivity index is 1.59. The van der Waals surface area contributed by atoms with Crippen LogP contribution in [-0.4, -0.2) is 23.6 Å². The van der Waals surface area contributed by atoms with Crippen molar-refractivity contribution in [2.24, 2.45) is 11.8 Å². The second kappa shape index (κ2) is 15.4. The van der Waals surface area contributed by atoms with Gasteiger partial charge in [0.05, 0.1) is 0 Å². The summed E-state index contributed by atoms with van der Waals surface area (Å²) in [6.07, 6.45) is 5.18. The van der Waals surface area contributed by atoms with Crippen molar-refractivity contribution in [3.05, 3.63) is 48.5 Å². The molecule has 4 N–H and O–H groups in total. The molecule has 2 rings (SSSR count). The number of unbranched alkanes of at least 4 members (excludes halogenated alkanes) is 4. The smallest absolute Gasteiger partial charge is 0.226 e. The Bertz CT molecular complexity index is 982. The average Bonchev–Trinajstić information content (AvgIpc) is 2.83. The third-order valence-electron chi connectivity index (χ3n) is 5.68. The molecule has 0 heterocycles. The molecule has 8 nitrogen and oxygen atoms in total. The molecule has 0 fully saturated rings. The van der Waals surface area contributed by atoms with Gasteiger partial charge in [-0.1, -0.05) is 59.1 Å². The molecule has 0 saturated carbocycles. The quantitative estimate of drug-likeness (QED) is 0.228. The van der Waals surface area contributed by atoms with Crippen LogP contribution in [-0.2, 0) is 19.2 Å². The van der Waals surface area contributed by atoms with Crippen molar-refractivity contribution in [3.8, 4) is 0 Å². The molecule has 0 spiro atoms. The maximum absolute atomic E-state index is 12.2. The Hall–Kier alpha value is -3.68. The van der Waals surface area contributed by atoms with Crippen LogP contribution in [0.2, 0.25) is 0 Å². The molecule has 0 aliphatic rings. The molecule has 8 heteroatoms. The van der Waals surface area contributed by atoms with Gasteiger partial charge in [0.1, 0.15) is 0 Å². The summed E-state index contributed by atoms with van der Waals surface area (Å²) < 4.78 is 0. The van der Waals surface area contributed by atoms with Crippen LogP contribution in [0.4, 0.5) is 22.7 Å². The summed E-state index contributed by atoms with van der Waals surface area (Å²) in [6, 6.07) is 14.3. The van der Waals surface area contributed by atoms with E-state index in [1.165, 1.54) is 0 Å². The highest BCUT2D eigenvalue weighted by atomic mass is 16.2. The van der Waals surface area contributed by atoms with Crippen LogP contribution in [0.15, 0.2) is 48.5 Å². The maximum atomic E-state index is 12.2. The van der Waals surface area contributed by atoms with E-state index in [1.54, 1.807) is 48.5 Å². The molecule has 0 atom stereocenters. The zero-order valence-electron chi connectivity index (χ0n) is 22.4. The first-order chi connectivity index (χ1) is 17.6. The fourth-order valence-electron chi connectivity index (χ4n) is 3.47. The minimum absolute atomic E-state index is 0.0569. The zero-order valence-corrected chi connectivity index (χ0v) is 22.4. The zero-order chi connectivity index (χ0) is 27.2. The van der Waals surface area contributed by atoms with Gasteiger partial charge >= 0.3 is 0 Å². The van der Waals surface area contributed by atoms with Crippen molar-refractivity contribution in [3.63, 3.8) is 0 Å². The number of carbonyl (C=O) groups excluding carboxylic acids is 4. The SMILES string of the molecule is CC(C)C(=O)Nc1cccc(NC(=O)CCCCCCCC(=O)Nc2cccc(NC(=O)C(C)C)c2)c1. The van der Waals surface area contributed by atoms with Gasteiger partial charge in [0.15, 0.2) is 0 Å². The van der Waals surface area contributed by atoms with Gasteiger partial charge < -0.3 is 21.3 Å². The largest absolute Gasteiger partial charge is 0.326 e. The third-order valence-corrected chi connectivity index (χ3v) is 5.68. The molecule has 0 aliphatic heterocycles. The van der Waals surface area contributed by atoms with Crippen LogP contribution in [0.5, 0.6) is 0 Å². The van der Waals surface area contributed by atoms with Crippen LogP contribution in [0.1, 0.15) is 72.6 Å². The monoisotopic (exact) mass is 508 g/mol. The van der Waals surface area contributed by atoms with Crippen molar-refractivity contribution >= 4 is 46.4 Å². The lowest BCUT2D eigenvalue weighted by Crippen LogP contribution is -2.18. The summed E-state index contributed by atoms with van der Waals surface area (Å²) in [5, 5.41) is 11.4. The maximum Gasteiger partial charge on any atom is 0.226 e. The first-order valence-corrected chi connectivity index (χ1v) is 13.1. The number of rotatable bonds is 14. The highest BCUT2D eigenvalue weighted by molar-refractivity contribution is 5.95. The van der Waals surface area contributed by atoms with Gasteiger partial charge in [-0.05, 0) is 49.2 Å². The van der Waals surface area contributed by atoms with E-state index >= 15 is 0 Å². The van der Waals surface area contributed by atoms with E-state index in [2.05, 4.69) is 21.3 Å². The predicted molar refractivity (Wildman–Crippen MR) is 149 cm³/mol. The highest BCUT2D eigenvalue weighted by Crippen LogP contribution is 2.18. The first-order valence-electron chi connectivity index (χ1n) is 13.1. The summed E-state index contributed by atoms with van der Waals surface area (Å²) in [6.45, 7) is 7.31. The van der Waals surface area contributed by atoms with E-state index in [0.717, 1.165) is 32.1 Å². The van der Waals surface area contributed by atoms with E-state index < -0.39 is 0 Å². The lowest BCUT2D eigenvalue weighted by Gasteiger charge is -2.10. The summed E-state index contributed by atoms with van der Waals surface area (Å²) in [5.74, 6) is -0.481. The number of hydrogen-bond acceptors (Lipinski definition) is 4. The number of nitrogens with one attached hydrogen (secondary N) is 4. The predicted octanol–water partition coefficient (Wildman–Crippen LogP) is 6.18. The summed E-state index contributed by atoms with van der Waals surface area (Å²) in [7, 11) is 0. The highest BCUT2D eigenvalue weighted by Gasteiger charge is 2.10. The molecule has 2 aromatic carbocycles. The van der Waals surface area contributed by atoms with Crippen LogP contribution in [0, 0.1) is 11.8 Å². The third kappa shape index (κ3) is 11.7. The number of hydrogen-bond donors (Lipinski definition) is 4. The van der Waals surface area contributed by atoms with Crippen LogP contribution >= 0.6 is 0 Å². The summed E-state index contributed by atoms with van der Waals surface area (Å²) in [4.78, 5) is 48.2. The fourth-order valence-corrected chi connectivity index (χ4v) is 3.47. The lowest BCUT2D eigenvalue weighted by atomic mass is 10.1. The average molecular weight is 509 g/mol. The summed E-state index contributed by atoms with van der Waals surface area (Å²) in [5.41, 5.74) is 2.63. The molecule has 4 amide bonds. The Morgan fingerprint density at radius 2 is 0.865 bits per heavy atom. The molecule has 0 aromatic heterocycles.